The number of benzene rings is 1. The third-order valence-corrected chi connectivity index (χ3v) is 5.53. The maximum absolute atomic E-state index is 13.1. The highest BCUT2D eigenvalue weighted by molar-refractivity contribution is 5.94. The number of hydrogen-bond acceptors (Lipinski definition) is 5. The quantitative estimate of drug-likeness (QED) is 0.454. The summed E-state index contributed by atoms with van der Waals surface area (Å²) in [6.45, 7) is 8.60. The average molecular weight is 458 g/mol. The van der Waals surface area contributed by atoms with Crippen molar-refractivity contribution in [2.75, 3.05) is 14.2 Å². The fourth-order valence-corrected chi connectivity index (χ4v) is 3.75. The van der Waals surface area contributed by atoms with Crippen molar-refractivity contribution in [3.8, 4) is 22.8 Å². The summed E-state index contributed by atoms with van der Waals surface area (Å²) in [4.78, 5) is 24.3. The Balaban J connectivity index is 2.54. The molecule has 33 heavy (non-hydrogen) atoms. The number of rotatable bonds is 12. The van der Waals surface area contributed by atoms with Crippen LogP contribution < -0.4 is 14.8 Å². The van der Waals surface area contributed by atoms with Crippen LogP contribution in [0.15, 0.2) is 35.9 Å². The van der Waals surface area contributed by atoms with E-state index in [-0.39, 0.29) is 12.1 Å². The first-order valence-corrected chi connectivity index (χ1v) is 11.2. The van der Waals surface area contributed by atoms with E-state index in [1.165, 1.54) is 0 Å². The molecule has 2 aromatic rings. The van der Waals surface area contributed by atoms with Crippen LogP contribution in [-0.4, -0.2) is 47.0 Å². The third kappa shape index (κ3) is 6.84. The lowest BCUT2D eigenvalue weighted by molar-refractivity contribution is -0.137. The van der Waals surface area contributed by atoms with Crippen molar-refractivity contribution in [1.29, 1.82) is 0 Å². The van der Waals surface area contributed by atoms with Crippen molar-refractivity contribution >= 4 is 11.9 Å². The molecular formula is C25H35N3O5. The lowest BCUT2D eigenvalue weighted by atomic mass is 10.0. The SMILES string of the molecule is CCC(CC)Cn1nc(C(=O)N[C@@H](C=C(C)C)CC(=O)O)cc1-c1c(OC)cccc1OC. The number of carboxylic acids is 1. The van der Waals surface area contributed by atoms with Gasteiger partial charge in [-0.15, -0.1) is 0 Å². The van der Waals surface area contributed by atoms with Gasteiger partial charge >= 0.3 is 5.97 Å². The molecule has 1 aromatic heterocycles. The summed E-state index contributed by atoms with van der Waals surface area (Å²) in [6, 6.07) is 6.59. The normalized spacial score (nSPS) is 11.7. The van der Waals surface area contributed by atoms with Crippen LogP contribution in [0.1, 0.15) is 57.4 Å². The second-order valence-electron chi connectivity index (χ2n) is 8.24. The zero-order chi connectivity index (χ0) is 24.5. The number of methoxy groups -OCH3 is 2. The van der Waals surface area contributed by atoms with E-state index in [0.29, 0.717) is 35.2 Å². The van der Waals surface area contributed by atoms with Crippen LogP contribution >= 0.6 is 0 Å². The number of nitrogens with zero attached hydrogens (tertiary/aromatic N) is 2. The van der Waals surface area contributed by atoms with Crippen LogP contribution in [0.25, 0.3) is 11.3 Å². The van der Waals surface area contributed by atoms with Crippen molar-refractivity contribution in [2.45, 2.75) is 59.5 Å². The molecule has 1 atom stereocenters. The monoisotopic (exact) mass is 457 g/mol. The van der Waals surface area contributed by atoms with E-state index in [9.17, 15) is 14.7 Å². The molecule has 0 saturated heterocycles. The van der Waals surface area contributed by atoms with Gasteiger partial charge in [0.25, 0.3) is 5.91 Å². The molecule has 180 valence electrons. The Hall–Kier alpha value is -3.29. The zero-order valence-corrected chi connectivity index (χ0v) is 20.3. The molecule has 0 unspecified atom stereocenters. The lowest BCUT2D eigenvalue weighted by Gasteiger charge is -2.17. The Morgan fingerprint density at radius 2 is 1.76 bits per heavy atom. The summed E-state index contributed by atoms with van der Waals surface area (Å²) in [7, 11) is 3.17. The second-order valence-corrected chi connectivity index (χ2v) is 8.24. The fraction of sp³-hybridized carbons (Fsp3) is 0.480. The molecule has 0 radical (unpaired) electrons. The van der Waals surface area contributed by atoms with Crippen molar-refractivity contribution in [3.05, 3.63) is 41.6 Å². The Bertz CT molecular complexity index is 966. The van der Waals surface area contributed by atoms with Gasteiger partial charge < -0.3 is 19.9 Å². The van der Waals surface area contributed by atoms with Gasteiger partial charge in [0.2, 0.25) is 0 Å². The minimum absolute atomic E-state index is 0.210. The topological polar surface area (TPSA) is 103 Å². The molecule has 0 aliphatic carbocycles. The van der Waals surface area contributed by atoms with Crippen LogP contribution in [0.2, 0.25) is 0 Å². The molecule has 0 saturated carbocycles. The number of carboxylic acid groups (broad SMARTS) is 1. The van der Waals surface area contributed by atoms with Crippen LogP contribution in [0.4, 0.5) is 0 Å². The molecule has 0 spiro atoms. The van der Waals surface area contributed by atoms with Gasteiger partial charge in [-0.25, -0.2) is 0 Å². The Labute approximate surface area is 195 Å². The molecule has 0 fully saturated rings. The van der Waals surface area contributed by atoms with Gasteiger partial charge in [-0.05, 0) is 38.0 Å². The average Bonchev–Trinajstić information content (AvgIpc) is 3.19. The lowest BCUT2D eigenvalue weighted by Crippen LogP contribution is -2.35. The molecule has 0 aliphatic heterocycles. The van der Waals surface area contributed by atoms with E-state index in [1.54, 1.807) is 26.4 Å². The maximum Gasteiger partial charge on any atom is 0.305 e. The van der Waals surface area contributed by atoms with Crippen molar-refractivity contribution < 1.29 is 24.2 Å². The van der Waals surface area contributed by atoms with Crippen LogP contribution in [0, 0.1) is 5.92 Å². The van der Waals surface area contributed by atoms with Gasteiger partial charge in [0.15, 0.2) is 5.69 Å². The number of nitrogens with one attached hydrogen (secondary N) is 1. The highest BCUT2D eigenvalue weighted by Crippen LogP contribution is 2.39. The van der Waals surface area contributed by atoms with Gasteiger partial charge in [0.1, 0.15) is 11.5 Å². The largest absolute Gasteiger partial charge is 0.496 e. The van der Waals surface area contributed by atoms with E-state index >= 15 is 0 Å². The molecule has 1 aromatic carbocycles. The Kier molecular flexibility index (Phi) is 9.51. The number of carbonyl (C=O) groups is 2. The van der Waals surface area contributed by atoms with Gasteiger partial charge in [0, 0.05) is 6.54 Å². The summed E-state index contributed by atoms with van der Waals surface area (Å²) in [5, 5.41) is 16.6. The van der Waals surface area contributed by atoms with E-state index in [0.717, 1.165) is 18.4 Å². The smallest absolute Gasteiger partial charge is 0.305 e. The summed E-state index contributed by atoms with van der Waals surface area (Å²) < 4.78 is 13.0. The van der Waals surface area contributed by atoms with Gasteiger partial charge in [-0.1, -0.05) is 44.4 Å². The van der Waals surface area contributed by atoms with Gasteiger partial charge in [0.05, 0.1) is 37.9 Å². The first kappa shape index (κ1) is 26.0. The number of aromatic nitrogens is 2. The minimum Gasteiger partial charge on any atom is -0.496 e. The summed E-state index contributed by atoms with van der Waals surface area (Å²) in [6.07, 6.45) is 3.47. The minimum atomic E-state index is -0.989. The number of ether oxygens (including phenoxy) is 2. The molecule has 0 aliphatic rings. The van der Waals surface area contributed by atoms with E-state index in [4.69, 9.17) is 9.47 Å². The number of amides is 1. The molecular weight excluding hydrogens is 422 g/mol. The van der Waals surface area contributed by atoms with Gasteiger partial charge in [-0.2, -0.15) is 5.10 Å². The molecule has 2 rings (SSSR count). The summed E-state index contributed by atoms with van der Waals surface area (Å²) >= 11 is 0. The predicted molar refractivity (Wildman–Crippen MR) is 128 cm³/mol. The molecule has 0 bridgehead atoms. The predicted octanol–water partition coefficient (Wildman–Crippen LogP) is 4.54. The Morgan fingerprint density at radius 1 is 1.15 bits per heavy atom. The van der Waals surface area contributed by atoms with Crippen LogP contribution in [0.5, 0.6) is 11.5 Å². The first-order chi connectivity index (χ1) is 15.7. The van der Waals surface area contributed by atoms with Crippen molar-refractivity contribution in [2.24, 2.45) is 5.92 Å². The number of aliphatic carboxylic acids is 1. The van der Waals surface area contributed by atoms with E-state index in [2.05, 4.69) is 24.3 Å². The molecule has 1 amide bonds. The molecule has 2 N–H and O–H groups in total. The maximum atomic E-state index is 13.1. The summed E-state index contributed by atoms with van der Waals surface area (Å²) in [5.74, 6) is 0.181. The molecule has 8 nitrogen and oxygen atoms in total. The molecule has 8 heteroatoms. The second kappa shape index (κ2) is 12.1. The highest BCUT2D eigenvalue weighted by atomic mass is 16.5. The Morgan fingerprint density at radius 3 is 2.24 bits per heavy atom. The number of carbonyl (C=O) groups excluding carboxylic acids is 1. The number of hydrogen-bond donors (Lipinski definition) is 2. The third-order valence-electron chi connectivity index (χ3n) is 5.53. The first-order valence-electron chi connectivity index (χ1n) is 11.2. The highest BCUT2D eigenvalue weighted by Gasteiger charge is 2.24. The van der Waals surface area contributed by atoms with Crippen molar-refractivity contribution in [3.63, 3.8) is 0 Å². The number of allylic oxidation sites excluding steroid dienone is 1. The van der Waals surface area contributed by atoms with Crippen LogP contribution in [-0.2, 0) is 11.3 Å². The standard InChI is InChI=1S/C25H35N3O5/c1-7-17(8-2)15-28-20(24-21(32-5)10-9-11-22(24)33-6)14-19(27-28)25(31)26-18(12-16(3)4)13-23(29)30/h9-12,14,17-18H,7-8,13,15H2,1-6H3,(H,26,31)(H,29,30)/t18-/m0/s1. The van der Waals surface area contributed by atoms with Crippen molar-refractivity contribution in [1.82, 2.24) is 15.1 Å². The van der Waals surface area contributed by atoms with Crippen LogP contribution in [0.3, 0.4) is 0 Å². The van der Waals surface area contributed by atoms with E-state index < -0.39 is 17.9 Å². The summed E-state index contributed by atoms with van der Waals surface area (Å²) in [5.41, 5.74) is 2.55. The fourth-order valence-electron chi connectivity index (χ4n) is 3.75. The molecule has 1 heterocycles. The van der Waals surface area contributed by atoms with E-state index in [1.807, 2.05) is 36.7 Å². The zero-order valence-electron chi connectivity index (χ0n) is 20.3. The van der Waals surface area contributed by atoms with Gasteiger partial charge in [-0.3, -0.25) is 14.3 Å².